The molecule has 0 bridgehead atoms. The molecule has 0 radical (unpaired) electrons. The van der Waals surface area contributed by atoms with Gasteiger partial charge in [0.2, 0.25) is 0 Å². The normalized spacial score (nSPS) is 9.85. The number of nitro benzene ring substituents is 1. The van der Waals surface area contributed by atoms with Crippen LogP contribution in [0.4, 0.5) is 17.1 Å². The van der Waals surface area contributed by atoms with Gasteiger partial charge >= 0.3 is 0 Å². The van der Waals surface area contributed by atoms with Crippen LogP contribution >= 0.6 is 11.6 Å². The lowest BCUT2D eigenvalue weighted by atomic mass is 10.2. The monoisotopic (exact) mass is 287 g/mol. The number of rotatable bonds is 3. The summed E-state index contributed by atoms with van der Waals surface area (Å²) < 4.78 is 0. The van der Waals surface area contributed by atoms with E-state index >= 15 is 0 Å². The van der Waals surface area contributed by atoms with Gasteiger partial charge in [-0.05, 0) is 36.4 Å². The van der Waals surface area contributed by atoms with Crippen molar-refractivity contribution in [3.8, 4) is 6.07 Å². The molecule has 0 N–H and O–H groups in total. The maximum Gasteiger partial charge on any atom is 0.294 e. The fraction of sp³-hybridized carbons (Fsp3) is 0.0714. The van der Waals surface area contributed by atoms with Crippen molar-refractivity contribution in [2.75, 3.05) is 11.9 Å². The minimum Gasteiger partial charge on any atom is -0.339 e. The van der Waals surface area contributed by atoms with Gasteiger partial charge in [0.05, 0.1) is 16.6 Å². The van der Waals surface area contributed by atoms with Crippen molar-refractivity contribution >= 4 is 28.7 Å². The summed E-state index contributed by atoms with van der Waals surface area (Å²) in [6, 6.07) is 13.3. The van der Waals surface area contributed by atoms with Crippen LogP contribution in [-0.4, -0.2) is 12.0 Å². The molecule has 0 aliphatic rings. The van der Waals surface area contributed by atoms with Gasteiger partial charge in [-0.3, -0.25) is 10.1 Å². The van der Waals surface area contributed by atoms with E-state index in [4.69, 9.17) is 16.9 Å². The fourth-order valence-corrected chi connectivity index (χ4v) is 1.99. The molecule has 0 aliphatic heterocycles. The summed E-state index contributed by atoms with van der Waals surface area (Å²) in [6.45, 7) is 0. The lowest BCUT2D eigenvalue weighted by Gasteiger charge is -2.19. The summed E-state index contributed by atoms with van der Waals surface area (Å²) >= 11 is 5.79. The number of benzene rings is 2. The molecule has 0 saturated carbocycles. The van der Waals surface area contributed by atoms with Gasteiger partial charge < -0.3 is 4.90 Å². The Bertz CT molecular complexity index is 693. The van der Waals surface area contributed by atoms with Crippen LogP contribution in [0.5, 0.6) is 0 Å². The lowest BCUT2D eigenvalue weighted by molar-refractivity contribution is -0.384. The number of nitrogens with zero attached hydrogens (tertiary/aromatic N) is 3. The van der Waals surface area contributed by atoms with Crippen molar-refractivity contribution in [1.29, 1.82) is 5.26 Å². The third-order valence-corrected chi connectivity index (χ3v) is 3.11. The molecule has 0 aliphatic carbocycles. The number of hydrogen-bond acceptors (Lipinski definition) is 4. The second-order valence-corrected chi connectivity index (χ2v) is 4.54. The first-order chi connectivity index (χ1) is 9.52. The first kappa shape index (κ1) is 13.8. The van der Waals surface area contributed by atoms with E-state index in [1.54, 1.807) is 48.3 Å². The molecule has 2 aromatic rings. The molecule has 6 heteroatoms. The van der Waals surface area contributed by atoms with Crippen molar-refractivity contribution in [3.05, 3.63) is 63.2 Å². The first-order valence-electron chi connectivity index (χ1n) is 5.71. The molecule has 2 aromatic carbocycles. The maximum atomic E-state index is 11.1. The van der Waals surface area contributed by atoms with Gasteiger partial charge in [-0.2, -0.15) is 5.26 Å². The zero-order valence-corrected chi connectivity index (χ0v) is 11.3. The van der Waals surface area contributed by atoms with Gasteiger partial charge in [0, 0.05) is 23.8 Å². The van der Waals surface area contributed by atoms with Crippen molar-refractivity contribution in [2.45, 2.75) is 0 Å². The Morgan fingerprint density at radius 2 is 1.90 bits per heavy atom. The number of halogens is 1. The quantitative estimate of drug-likeness (QED) is 0.634. The van der Waals surface area contributed by atoms with E-state index in [0.29, 0.717) is 16.3 Å². The van der Waals surface area contributed by atoms with Crippen LogP contribution < -0.4 is 4.90 Å². The SMILES string of the molecule is CN(c1ccc(C#N)cc1)c1ccc(Cl)cc1[N+](=O)[O-]. The van der Waals surface area contributed by atoms with Crippen LogP contribution in [0.2, 0.25) is 5.02 Å². The van der Waals surface area contributed by atoms with Crippen molar-refractivity contribution < 1.29 is 4.92 Å². The average molecular weight is 288 g/mol. The lowest BCUT2D eigenvalue weighted by Crippen LogP contribution is -2.11. The summed E-state index contributed by atoms with van der Waals surface area (Å²) in [5.74, 6) is 0. The predicted octanol–water partition coefficient (Wildman–Crippen LogP) is 3.89. The van der Waals surface area contributed by atoms with Crippen molar-refractivity contribution in [1.82, 2.24) is 0 Å². The van der Waals surface area contributed by atoms with Gasteiger partial charge in [-0.1, -0.05) is 11.6 Å². The van der Waals surface area contributed by atoms with Crippen LogP contribution in [0.15, 0.2) is 42.5 Å². The van der Waals surface area contributed by atoms with Crippen LogP contribution in [0.25, 0.3) is 0 Å². The topological polar surface area (TPSA) is 70.2 Å². The van der Waals surface area contributed by atoms with Crippen molar-refractivity contribution in [3.63, 3.8) is 0 Å². The average Bonchev–Trinajstić information content (AvgIpc) is 2.46. The largest absolute Gasteiger partial charge is 0.339 e. The minimum absolute atomic E-state index is 0.0654. The Labute approximate surface area is 120 Å². The van der Waals surface area contributed by atoms with Crippen molar-refractivity contribution in [2.24, 2.45) is 0 Å². The zero-order chi connectivity index (χ0) is 14.7. The van der Waals surface area contributed by atoms with E-state index in [2.05, 4.69) is 0 Å². The predicted molar refractivity (Wildman–Crippen MR) is 77.3 cm³/mol. The molecule has 0 saturated heterocycles. The molecule has 0 aromatic heterocycles. The van der Waals surface area contributed by atoms with E-state index in [9.17, 15) is 10.1 Å². The van der Waals surface area contributed by atoms with Gasteiger partial charge in [0.25, 0.3) is 5.69 Å². The molecule has 20 heavy (non-hydrogen) atoms. The van der Waals surface area contributed by atoms with E-state index in [1.807, 2.05) is 6.07 Å². The molecule has 0 atom stereocenters. The molecule has 0 amide bonds. The van der Waals surface area contributed by atoms with Gasteiger partial charge in [0.1, 0.15) is 5.69 Å². The minimum atomic E-state index is -0.471. The Hall–Kier alpha value is -2.58. The summed E-state index contributed by atoms with van der Waals surface area (Å²) in [7, 11) is 1.72. The number of nitriles is 1. The van der Waals surface area contributed by atoms with Crippen LogP contribution in [0, 0.1) is 21.4 Å². The fourth-order valence-electron chi connectivity index (χ4n) is 1.83. The Balaban J connectivity index is 2.44. The summed E-state index contributed by atoms with van der Waals surface area (Å²) in [5, 5.41) is 20.2. The third-order valence-electron chi connectivity index (χ3n) is 2.88. The smallest absolute Gasteiger partial charge is 0.294 e. The summed E-state index contributed by atoms with van der Waals surface area (Å²) in [6.07, 6.45) is 0. The summed E-state index contributed by atoms with van der Waals surface area (Å²) in [4.78, 5) is 12.3. The van der Waals surface area contributed by atoms with E-state index in [0.717, 1.165) is 5.69 Å². The molecular formula is C14H10ClN3O2. The Morgan fingerprint density at radius 1 is 1.25 bits per heavy atom. The highest BCUT2D eigenvalue weighted by Gasteiger charge is 2.18. The van der Waals surface area contributed by atoms with E-state index in [1.165, 1.54) is 6.07 Å². The zero-order valence-electron chi connectivity index (χ0n) is 10.6. The highest BCUT2D eigenvalue weighted by molar-refractivity contribution is 6.30. The first-order valence-corrected chi connectivity index (χ1v) is 6.08. The molecule has 0 heterocycles. The standard InChI is InChI=1S/C14H10ClN3O2/c1-17(12-5-2-10(9-16)3-6-12)13-7-4-11(15)8-14(13)18(19)20/h2-8H,1H3. The molecule has 2 rings (SSSR count). The van der Waals surface area contributed by atoms with Gasteiger partial charge in [0.15, 0.2) is 0 Å². The van der Waals surface area contributed by atoms with Gasteiger partial charge in [-0.15, -0.1) is 0 Å². The van der Waals surface area contributed by atoms with Crippen LogP contribution in [-0.2, 0) is 0 Å². The van der Waals surface area contributed by atoms with E-state index in [-0.39, 0.29) is 5.69 Å². The number of anilines is 2. The van der Waals surface area contributed by atoms with Crippen LogP contribution in [0.3, 0.4) is 0 Å². The molecule has 0 spiro atoms. The molecule has 100 valence electrons. The third kappa shape index (κ3) is 2.71. The molecule has 0 fully saturated rings. The Morgan fingerprint density at radius 3 is 2.45 bits per heavy atom. The maximum absolute atomic E-state index is 11.1. The molecule has 0 unspecified atom stereocenters. The number of nitro groups is 1. The second kappa shape index (κ2) is 5.59. The van der Waals surface area contributed by atoms with E-state index < -0.39 is 4.92 Å². The Kier molecular flexibility index (Phi) is 3.87. The second-order valence-electron chi connectivity index (χ2n) is 4.11. The summed E-state index contributed by atoms with van der Waals surface area (Å²) in [5.41, 5.74) is 1.65. The van der Waals surface area contributed by atoms with Gasteiger partial charge in [-0.25, -0.2) is 0 Å². The molecular weight excluding hydrogens is 278 g/mol. The highest BCUT2D eigenvalue weighted by Crippen LogP contribution is 2.34. The highest BCUT2D eigenvalue weighted by atomic mass is 35.5. The number of hydrogen-bond donors (Lipinski definition) is 0. The molecule has 5 nitrogen and oxygen atoms in total. The van der Waals surface area contributed by atoms with Crippen LogP contribution in [0.1, 0.15) is 5.56 Å².